The average molecular weight is 246 g/mol. The molecule has 1 fully saturated rings. The minimum atomic E-state index is 0.451. The summed E-state index contributed by atoms with van der Waals surface area (Å²) in [6.07, 6.45) is 6.08. The highest BCUT2D eigenvalue weighted by atomic mass is 15.1. The molecule has 1 aromatic carbocycles. The lowest BCUT2D eigenvalue weighted by atomic mass is 9.91. The molecular formula is C16H26N2. The van der Waals surface area contributed by atoms with Crippen molar-refractivity contribution in [1.82, 2.24) is 4.90 Å². The zero-order valence-corrected chi connectivity index (χ0v) is 11.7. The van der Waals surface area contributed by atoms with Crippen molar-refractivity contribution in [3.8, 4) is 0 Å². The van der Waals surface area contributed by atoms with Crippen LogP contribution in [0.2, 0.25) is 0 Å². The summed E-state index contributed by atoms with van der Waals surface area (Å²) in [6, 6.07) is 10.1. The Balaban J connectivity index is 1.77. The standard InChI is InChI=1S/C16H26N2/c1-13-3-5-14(6-4-13)11-12-18(2)16-9-7-15(17)8-10-16/h3-6,15-16H,7-12,17H2,1-2H3. The van der Waals surface area contributed by atoms with E-state index in [1.54, 1.807) is 0 Å². The SMILES string of the molecule is Cc1ccc(CCN(C)C2CCC(N)CC2)cc1. The van der Waals surface area contributed by atoms with Crippen LogP contribution in [-0.2, 0) is 6.42 Å². The van der Waals surface area contributed by atoms with Gasteiger partial charge in [-0.05, 0) is 51.6 Å². The topological polar surface area (TPSA) is 29.3 Å². The zero-order valence-electron chi connectivity index (χ0n) is 11.7. The molecule has 0 aliphatic heterocycles. The third kappa shape index (κ3) is 3.82. The molecule has 100 valence electrons. The number of rotatable bonds is 4. The molecule has 2 heteroatoms. The second kappa shape index (κ2) is 6.35. The number of nitrogens with zero attached hydrogens (tertiary/aromatic N) is 1. The Morgan fingerprint density at radius 3 is 2.33 bits per heavy atom. The van der Waals surface area contributed by atoms with Crippen LogP contribution in [-0.4, -0.2) is 30.6 Å². The fourth-order valence-electron chi connectivity index (χ4n) is 2.79. The molecule has 18 heavy (non-hydrogen) atoms. The van der Waals surface area contributed by atoms with E-state index in [-0.39, 0.29) is 0 Å². The Bertz CT molecular complexity index is 350. The normalized spacial score (nSPS) is 24.4. The van der Waals surface area contributed by atoms with Crippen LogP contribution in [0.5, 0.6) is 0 Å². The van der Waals surface area contributed by atoms with Crippen LogP contribution >= 0.6 is 0 Å². The molecule has 1 aromatic rings. The number of likely N-dealkylation sites (N-methyl/N-ethyl adjacent to an activating group) is 1. The van der Waals surface area contributed by atoms with E-state index in [4.69, 9.17) is 5.73 Å². The van der Waals surface area contributed by atoms with Crippen LogP contribution < -0.4 is 5.73 Å². The number of aryl methyl sites for hydroxylation is 1. The van der Waals surface area contributed by atoms with Crippen LogP contribution in [0.1, 0.15) is 36.8 Å². The van der Waals surface area contributed by atoms with E-state index >= 15 is 0 Å². The Morgan fingerprint density at radius 2 is 1.72 bits per heavy atom. The highest BCUT2D eigenvalue weighted by Crippen LogP contribution is 2.21. The molecule has 2 N–H and O–H groups in total. The first-order valence-corrected chi connectivity index (χ1v) is 7.16. The molecule has 1 aliphatic carbocycles. The van der Waals surface area contributed by atoms with Crippen molar-refractivity contribution in [3.63, 3.8) is 0 Å². The van der Waals surface area contributed by atoms with Crippen LogP contribution in [0.15, 0.2) is 24.3 Å². The number of benzene rings is 1. The van der Waals surface area contributed by atoms with E-state index in [0.717, 1.165) is 19.0 Å². The predicted octanol–water partition coefficient (Wildman–Crippen LogP) is 2.74. The first-order valence-electron chi connectivity index (χ1n) is 7.16. The zero-order chi connectivity index (χ0) is 13.0. The second-order valence-electron chi connectivity index (χ2n) is 5.78. The largest absolute Gasteiger partial charge is 0.328 e. The van der Waals surface area contributed by atoms with Gasteiger partial charge in [-0.2, -0.15) is 0 Å². The van der Waals surface area contributed by atoms with Gasteiger partial charge in [-0.15, -0.1) is 0 Å². The fraction of sp³-hybridized carbons (Fsp3) is 0.625. The molecule has 0 bridgehead atoms. The van der Waals surface area contributed by atoms with Crippen molar-refractivity contribution in [3.05, 3.63) is 35.4 Å². The number of hydrogen-bond donors (Lipinski definition) is 1. The maximum Gasteiger partial charge on any atom is 0.00934 e. The van der Waals surface area contributed by atoms with E-state index in [1.165, 1.54) is 36.8 Å². The summed E-state index contributed by atoms with van der Waals surface area (Å²) in [6.45, 7) is 3.30. The van der Waals surface area contributed by atoms with Crippen molar-refractivity contribution in [2.45, 2.75) is 51.1 Å². The van der Waals surface area contributed by atoms with Crippen molar-refractivity contribution in [2.24, 2.45) is 5.73 Å². The molecule has 0 aromatic heterocycles. The lowest BCUT2D eigenvalue weighted by molar-refractivity contribution is 0.185. The second-order valence-corrected chi connectivity index (χ2v) is 5.78. The van der Waals surface area contributed by atoms with Crippen molar-refractivity contribution < 1.29 is 0 Å². The third-order valence-corrected chi connectivity index (χ3v) is 4.24. The molecule has 2 nitrogen and oxygen atoms in total. The minimum absolute atomic E-state index is 0.451. The first-order chi connectivity index (χ1) is 8.65. The van der Waals surface area contributed by atoms with Gasteiger partial charge in [0.15, 0.2) is 0 Å². The minimum Gasteiger partial charge on any atom is -0.328 e. The molecule has 0 spiro atoms. The molecule has 2 rings (SSSR count). The van der Waals surface area contributed by atoms with Gasteiger partial charge in [0, 0.05) is 18.6 Å². The molecular weight excluding hydrogens is 220 g/mol. The summed E-state index contributed by atoms with van der Waals surface area (Å²) < 4.78 is 0. The molecule has 0 heterocycles. The van der Waals surface area contributed by atoms with Gasteiger partial charge < -0.3 is 10.6 Å². The highest BCUT2D eigenvalue weighted by molar-refractivity contribution is 5.21. The molecule has 1 aliphatic rings. The van der Waals surface area contributed by atoms with E-state index in [0.29, 0.717) is 6.04 Å². The van der Waals surface area contributed by atoms with Crippen LogP contribution in [0, 0.1) is 6.92 Å². The lowest BCUT2D eigenvalue weighted by Gasteiger charge is -2.33. The summed E-state index contributed by atoms with van der Waals surface area (Å²) in [7, 11) is 2.26. The first kappa shape index (κ1) is 13.6. The summed E-state index contributed by atoms with van der Waals surface area (Å²) >= 11 is 0. The van der Waals surface area contributed by atoms with Crippen molar-refractivity contribution in [2.75, 3.05) is 13.6 Å². The van der Waals surface area contributed by atoms with Crippen LogP contribution in [0.4, 0.5) is 0 Å². The molecule has 0 radical (unpaired) electrons. The maximum absolute atomic E-state index is 5.96. The molecule has 1 saturated carbocycles. The van der Waals surface area contributed by atoms with Crippen LogP contribution in [0.3, 0.4) is 0 Å². The fourth-order valence-corrected chi connectivity index (χ4v) is 2.79. The van der Waals surface area contributed by atoms with Gasteiger partial charge in [0.1, 0.15) is 0 Å². The molecule has 0 saturated heterocycles. The van der Waals surface area contributed by atoms with Gasteiger partial charge in [0.05, 0.1) is 0 Å². The van der Waals surface area contributed by atoms with Crippen molar-refractivity contribution in [1.29, 1.82) is 0 Å². The monoisotopic (exact) mass is 246 g/mol. The van der Waals surface area contributed by atoms with E-state index < -0.39 is 0 Å². The Labute approximate surface area is 111 Å². The Morgan fingerprint density at radius 1 is 1.11 bits per heavy atom. The molecule has 0 atom stereocenters. The van der Waals surface area contributed by atoms with E-state index in [2.05, 4.69) is 43.1 Å². The van der Waals surface area contributed by atoms with Crippen LogP contribution in [0.25, 0.3) is 0 Å². The Hall–Kier alpha value is -0.860. The van der Waals surface area contributed by atoms with Gasteiger partial charge in [-0.1, -0.05) is 29.8 Å². The Kier molecular flexibility index (Phi) is 4.79. The van der Waals surface area contributed by atoms with Gasteiger partial charge in [0.25, 0.3) is 0 Å². The summed E-state index contributed by atoms with van der Waals surface area (Å²) in [5.74, 6) is 0. The maximum atomic E-state index is 5.96. The quantitative estimate of drug-likeness (QED) is 0.885. The molecule has 0 amide bonds. The summed E-state index contributed by atoms with van der Waals surface area (Å²) in [5.41, 5.74) is 8.74. The summed E-state index contributed by atoms with van der Waals surface area (Å²) in [5, 5.41) is 0. The third-order valence-electron chi connectivity index (χ3n) is 4.24. The summed E-state index contributed by atoms with van der Waals surface area (Å²) in [4.78, 5) is 2.52. The van der Waals surface area contributed by atoms with Gasteiger partial charge in [-0.25, -0.2) is 0 Å². The predicted molar refractivity (Wildman–Crippen MR) is 77.7 cm³/mol. The number of hydrogen-bond acceptors (Lipinski definition) is 2. The highest BCUT2D eigenvalue weighted by Gasteiger charge is 2.21. The van der Waals surface area contributed by atoms with Gasteiger partial charge in [-0.3, -0.25) is 0 Å². The average Bonchev–Trinajstić information content (AvgIpc) is 2.38. The van der Waals surface area contributed by atoms with E-state index in [9.17, 15) is 0 Å². The van der Waals surface area contributed by atoms with E-state index in [1.807, 2.05) is 0 Å². The number of nitrogens with two attached hydrogens (primary N) is 1. The lowest BCUT2D eigenvalue weighted by Crippen LogP contribution is -2.39. The smallest absolute Gasteiger partial charge is 0.00934 e. The van der Waals surface area contributed by atoms with Gasteiger partial charge in [0.2, 0.25) is 0 Å². The molecule has 0 unspecified atom stereocenters. The van der Waals surface area contributed by atoms with Gasteiger partial charge >= 0.3 is 0 Å². The van der Waals surface area contributed by atoms with Crippen molar-refractivity contribution >= 4 is 0 Å².